The van der Waals surface area contributed by atoms with E-state index in [1.807, 2.05) is 59.2 Å². The van der Waals surface area contributed by atoms with Gasteiger partial charge in [0, 0.05) is 31.3 Å². The van der Waals surface area contributed by atoms with Crippen molar-refractivity contribution in [3.05, 3.63) is 84.4 Å². The topological polar surface area (TPSA) is 88.5 Å². The first-order valence-electron chi connectivity index (χ1n) is 11.1. The molecule has 1 aromatic heterocycles. The van der Waals surface area contributed by atoms with Crippen molar-refractivity contribution in [2.75, 3.05) is 23.9 Å². The highest BCUT2D eigenvalue weighted by Gasteiger charge is 2.31. The molecule has 0 bridgehead atoms. The maximum Gasteiger partial charge on any atom is 0.324 e. The van der Waals surface area contributed by atoms with E-state index in [1.54, 1.807) is 36.3 Å². The first kappa shape index (κ1) is 21.5. The van der Waals surface area contributed by atoms with Crippen LogP contribution in [0.1, 0.15) is 5.56 Å². The van der Waals surface area contributed by atoms with Crippen LogP contribution in [0.2, 0.25) is 0 Å². The second kappa shape index (κ2) is 9.27. The highest BCUT2D eigenvalue weighted by Crippen LogP contribution is 2.27. The summed E-state index contributed by atoms with van der Waals surface area (Å²) < 4.78 is 7.27. The van der Waals surface area contributed by atoms with Crippen molar-refractivity contribution >= 4 is 34.6 Å². The van der Waals surface area contributed by atoms with Crippen LogP contribution < -0.4 is 20.3 Å². The number of imidazole rings is 1. The number of nitrogens with one attached hydrogen (secondary N) is 2. The van der Waals surface area contributed by atoms with E-state index in [0.29, 0.717) is 36.9 Å². The molecule has 4 aromatic rings. The molecule has 0 fully saturated rings. The molecule has 1 atom stereocenters. The lowest BCUT2D eigenvalue weighted by atomic mass is 10.1. The van der Waals surface area contributed by atoms with Crippen LogP contribution in [0, 0.1) is 0 Å². The second-order valence-electron chi connectivity index (χ2n) is 8.12. The van der Waals surface area contributed by atoms with Crippen molar-refractivity contribution in [2.24, 2.45) is 0 Å². The zero-order valence-corrected chi connectivity index (χ0v) is 18.8. The number of hydrogen-bond donors (Lipinski definition) is 2. The Hall–Kier alpha value is -4.33. The zero-order valence-electron chi connectivity index (χ0n) is 18.8. The van der Waals surface area contributed by atoms with Gasteiger partial charge in [-0.15, -0.1) is 0 Å². The lowest BCUT2D eigenvalue weighted by Gasteiger charge is -2.22. The largest absolute Gasteiger partial charge is 0.497 e. The van der Waals surface area contributed by atoms with Crippen molar-refractivity contribution in [1.82, 2.24) is 14.9 Å². The molecule has 0 aliphatic carbocycles. The number of fused-ring (bicyclic) bond motifs is 3. The van der Waals surface area contributed by atoms with E-state index >= 15 is 0 Å². The minimum Gasteiger partial charge on any atom is -0.497 e. The van der Waals surface area contributed by atoms with Gasteiger partial charge in [-0.05, 0) is 29.8 Å². The minimum absolute atomic E-state index is 0.307. The van der Waals surface area contributed by atoms with Crippen LogP contribution in [0.3, 0.4) is 0 Å². The first-order valence-corrected chi connectivity index (χ1v) is 11.1. The lowest BCUT2D eigenvalue weighted by molar-refractivity contribution is -0.117. The van der Waals surface area contributed by atoms with Gasteiger partial charge in [-0.25, -0.2) is 9.78 Å². The van der Waals surface area contributed by atoms with Crippen LogP contribution in [-0.2, 0) is 17.8 Å². The number of amides is 3. The van der Waals surface area contributed by atoms with Crippen molar-refractivity contribution in [1.29, 1.82) is 0 Å². The van der Waals surface area contributed by atoms with Crippen LogP contribution >= 0.6 is 0 Å². The molecular weight excluding hydrogens is 430 g/mol. The van der Waals surface area contributed by atoms with Gasteiger partial charge in [-0.1, -0.05) is 48.5 Å². The SMILES string of the molecule is COc1cccc(NC(=O)C(Cc2ccccc2)NC(=O)N2CCn3c2nc2ccccc23)c1. The van der Waals surface area contributed by atoms with Crippen molar-refractivity contribution < 1.29 is 14.3 Å². The number of hydrogen-bond acceptors (Lipinski definition) is 4. The van der Waals surface area contributed by atoms with E-state index < -0.39 is 6.04 Å². The molecular formula is C26H25N5O3. The predicted molar refractivity (Wildman–Crippen MR) is 131 cm³/mol. The number of aromatic nitrogens is 2. The number of anilines is 2. The van der Waals surface area contributed by atoms with E-state index in [2.05, 4.69) is 15.6 Å². The minimum atomic E-state index is -0.778. The fraction of sp³-hybridized carbons (Fsp3) is 0.192. The third-order valence-electron chi connectivity index (χ3n) is 5.90. The van der Waals surface area contributed by atoms with Crippen LogP contribution in [0.25, 0.3) is 11.0 Å². The Morgan fingerprint density at radius 1 is 1.00 bits per heavy atom. The van der Waals surface area contributed by atoms with E-state index in [9.17, 15) is 9.59 Å². The van der Waals surface area contributed by atoms with Gasteiger partial charge in [0.05, 0.1) is 18.1 Å². The number of para-hydroxylation sites is 2. The van der Waals surface area contributed by atoms with Gasteiger partial charge in [0.1, 0.15) is 11.8 Å². The molecule has 0 spiro atoms. The molecule has 0 saturated heterocycles. The molecule has 1 aliphatic rings. The first-order chi connectivity index (χ1) is 16.6. The quantitative estimate of drug-likeness (QED) is 0.463. The maximum atomic E-state index is 13.3. The van der Waals surface area contributed by atoms with E-state index in [0.717, 1.165) is 16.6 Å². The zero-order chi connectivity index (χ0) is 23.5. The standard InChI is InChI=1S/C26H25N5O3/c1-34-20-11-7-10-19(17-20)27-24(32)22(16-18-8-3-2-4-9-18)29-26(33)31-15-14-30-23-13-6-5-12-21(23)28-25(30)31/h2-13,17,22H,14-16H2,1H3,(H,27,32)(H,29,33). The van der Waals surface area contributed by atoms with Crippen LogP contribution in [0.15, 0.2) is 78.9 Å². The predicted octanol–water partition coefficient (Wildman–Crippen LogP) is 3.82. The molecule has 0 saturated carbocycles. The third-order valence-corrected chi connectivity index (χ3v) is 5.90. The number of ether oxygens (including phenoxy) is 1. The van der Waals surface area contributed by atoms with E-state index in [4.69, 9.17) is 4.74 Å². The monoisotopic (exact) mass is 455 g/mol. The number of nitrogens with zero attached hydrogens (tertiary/aromatic N) is 3. The Bertz CT molecular complexity index is 1330. The summed E-state index contributed by atoms with van der Waals surface area (Å²) in [6.45, 7) is 1.15. The molecule has 8 heteroatoms. The summed E-state index contributed by atoms with van der Waals surface area (Å²) in [4.78, 5) is 32.8. The normalized spacial score (nSPS) is 13.4. The maximum absolute atomic E-state index is 13.3. The van der Waals surface area contributed by atoms with Crippen LogP contribution in [-0.4, -0.2) is 41.2 Å². The molecule has 1 unspecified atom stereocenters. The van der Waals surface area contributed by atoms with Crippen molar-refractivity contribution in [3.8, 4) is 5.75 Å². The Labute approximate surface area is 197 Å². The fourth-order valence-corrected chi connectivity index (χ4v) is 4.20. The molecule has 172 valence electrons. The van der Waals surface area contributed by atoms with Gasteiger partial charge in [0.25, 0.3) is 0 Å². The van der Waals surface area contributed by atoms with Gasteiger partial charge in [-0.2, -0.15) is 0 Å². The van der Waals surface area contributed by atoms with Crippen molar-refractivity contribution in [2.45, 2.75) is 19.0 Å². The van der Waals surface area contributed by atoms with Gasteiger partial charge in [0.2, 0.25) is 11.9 Å². The third kappa shape index (κ3) is 4.30. The molecule has 8 nitrogen and oxygen atoms in total. The summed E-state index contributed by atoms with van der Waals surface area (Å²) in [6.07, 6.45) is 0.354. The van der Waals surface area contributed by atoms with Crippen molar-refractivity contribution in [3.63, 3.8) is 0 Å². The highest BCUT2D eigenvalue weighted by molar-refractivity contribution is 6.00. The summed E-state index contributed by atoms with van der Waals surface area (Å²) >= 11 is 0. The Balaban J connectivity index is 1.37. The summed E-state index contributed by atoms with van der Waals surface area (Å²) in [5, 5.41) is 5.83. The van der Waals surface area contributed by atoms with Gasteiger partial charge in [0.15, 0.2) is 0 Å². The smallest absolute Gasteiger partial charge is 0.324 e. The second-order valence-corrected chi connectivity index (χ2v) is 8.12. The number of urea groups is 1. The summed E-state index contributed by atoms with van der Waals surface area (Å²) in [5.41, 5.74) is 3.37. The Morgan fingerprint density at radius 3 is 2.62 bits per heavy atom. The number of rotatable bonds is 6. The Kier molecular flexibility index (Phi) is 5.86. The molecule has 2 heterocycles. The summed E-state index contributed by atoms with van der Waals surface area (Å²) in [7, 11) is 1.57. The lowest BCUT2D eigenvalue weighted by Crippen LogP contribution is -2.50. The van der Waals surface area contributed by atoms with E-state index in [1.165, 1.54) is 0 Å². The van der Waals surface area contributed by atoms with Gasteiger partial charge in [-0.3, -0.25) is 9.69 Å². The van der Waals surface area contributed by atoms with Gasteiger partial charge >= 0.3 is 6.03 Å². The van der Waals surface area contributed by atoms with E-state index in [-0.39, 0.29) is 11.9 Å². The average molecular weight is 456 g/mol. The van der Waals surface area contributed by atoms with Crippen LogP contribution in [0.5, 0.6) is 5.75 Å². The highest BCUT2D eigenvalue weighted by atomic mass is 16.5. The number of carbonyl (C=O) groups is 2. The number of methoxy groups -OCH3 is 1. The van der Waals surface area contributed by atoms with Crippen LogP contribution in [0.4, 0.5) is 16.4 Å². The molecule has 34 heavy (non-hydrogen) atoms. The molecule has 3 amide bonds. The number of carbonyl (C=O) groups excluding carboxylic acids is 2. The molecule has 5 rings (SSSR count). The summed E-state index contributed by atoms with van der Waals surface area (Å²) in [5.74, 6) is 0.918. The Morgan fingerprint density at radius 2 is 1.79 bits per heavy atom. The number of benzene rings is 3. The summed E-state index contributed by atoms with van der Waals surface area (Å²) in [6, 6.07) is 23.4. The molecule has 0 radical (unpaired) electrons. The van der Waals surface area contributed by atoms with Gasteiger partial charge < -0.3 is 19.9 Å². The molecule has 1 aliphatic heterocycles. The molecule has 3 aromatic carbocycles. The fourth-order valence-electron chi connectivity index (χ4n) is 4.20. The average Bonchev–Trinajstić information content (AvgIpc) is 3.44. The molecule has 2 N–H and O–H groups in total.